The molecule has 2 aliphatic heterocycles. The summed E-state index contributed by atoms with van der Waals surface area (Å²) in [7, 11) is 0. The first-order valence-corrected chi connectivity index (χ1v) is 8.63. The monoisotopic (exact) mass is 391 g/mol. The maximum Gasteiger partial charge on any atom is 0.387 e. The van der Waals surface area contributed by atoms with Gasteiger partial charge in [0.05, 0.1) is 19.3 Å². The molecule has 0 spiro atoms. The van der Waals surface area contributed by atoms with Crippen molar-refractivity contribution in [3.05, 3.63) is 28.2 Å². The largest absolute Gasteiger partial charge is 0.434 e. The van der Waals surface area contributed by atoms with Crippen molar-refractivity contribution in [2.24, 2.45) is 0 Å². The third kappa shape index (κ3) is 4.41. The Labute approximate surface area is 142 Å². The van der Waals surface area contributed by atoms with E-state index < -0.39 is 6.61 Å². The summed E-state index contributed by atoms with van der Waals surface area (Å²) in [6, 6.07) is 5.27. The van der Waals surface area contributed by atoms with Gasteiger partial charge in [0.1, 0.15) is 5.75 Å². The van der Waals surface area contributed by atoms with Crippen LogP contribution in [0, 0.1) is 0 Å². The van der Waals surface area contributed by atoms with E-state index in [0.717, 1.165) is 35.8 Å². The van der Waals surface area contributed by atoms with Crippen molar-refractivity contribution in [3.63, 3.8) is 0 Å². The molecule has 128 valence electrons. The predicted molar refractivity (Wildman–Crippen MR) is 84.5 cm³/mol. The Morgan fingerprint density at radius 3 is 2.78 bits per heavy atom. The van der Waals surface area contributed by atoms with Crippen LogP contribution >= 0.6 is 15.9 Å². The molecule has 1 atom stereocenters. The minimum absolute atomic E-state index is 0.157. The normalized spacial score (nSPS) is 23.6. The summed E-state index contributed by atoms with van der Waals surface area (Å²) in [6.07, 6.45) is 2.98. The van der Waals surface area contributed by atoms with Gasteiger partial charge in [-0.1, -0.05) is 22.4 Å². The number of hydrogen-bond donors (Lipinski definition) is 0. The van der Waals surface area contributed by atoms with Gasteiger partial charge in [-0.15, -0.1) is 0 Å². The molecule has 0 bridgehead atoms. The highest BCUT2D eigenvalue weighted by Crippen LogP contribution is 2.30. The van der Waals surface area contributed by atoms with Gasteiger partial charge < -0.3 is 14.2 Å². The summed E-state index contributed by atoms with van der Waals surface area (Å²) in [5.74, 6) is 0.223. The van der Waals surface area contributed by atoms with E-state index in [2.05, 4.69) is 25.6 Å². The van der Waals surface area contributed by atoms with Crippen molar-refractivity contribution in [1.29, 1.82) is 0 Å². The second kappa shape index (κ2) is 7.88. The Kier molecular flexibility index (Phi) is 5.85. The zero-order valence-electron chi connectivity index (χ0n) is 12.7. The molecule has 0 aliphatic carbocycles. The zero-order valence-corrected chi connectivity index (χ0v) is 14.3. The third-order valence-corrected chi connectivity index (χ3v) is 4.73. The first-order valence-electron chi connectivity index (χ1n) is 7.84. The van der Waals surface area contributed by atoms with Gasteiger partial charge >= 0.3 is 6.61 Å². The summed E-state index contributed by atoms with van der Waals surface area (Å²) in [6.45, 7) is -0.158. The van der Waals surface area contributed by atoms with Crippen LogP contribution in [-0.4, -0.2) is 43.6 Å². The Morgan fingerprint density at radius 2 is 2.04 bits per heavy atom. The number of piperidine rings is 1. The summed E-state index contributed by atoms with van der Waals surface area (Å²) in [4.78, 5) is 2.25. The molecule has 2 aliphatic rings. The quantitative estimate of drug-likeness (QED) is 0.764. The number of halogens is 3. The summed E-state index contributed by atoms with van der Waals surface area (Å²) in [5.41, 5.74) is 0.740. The molecule has 0 aromatic heterocycles. The molecular weight excluding hydrogens is 372 g/mol. The Hall–Kier alpha value is -0.760. The zero-order chi connectivity index (χ0) is 16.2. The summed E-state index contributed by atoms with van der Waals surface area (Å²) >= 11 is 3.40. The number of likely N-dealkylation sites (tertiary alicyclic amines) is 1. The number of benzene rings is 1. The van der Waals surface area contributed by atoms with Gasteiger partial charge in [-0.25, -0.2) is 0 Å². The average Bonchev–Trinajstić information content (AvgIpc) is 3.04. The van der Waals surface area contributed by atoms with E-state index >= 15 is 0 Å². The van der Waals surface area contributed by atoms with Crippen molar-refractivity contribution in [1.82, 2.24) is 4.90 Å². The molecule has 7 heteroatoms. The molecule has 1 aromatic carbocycles. The maximum atomic E-state index is 12.6. The maximum absolute atomic E-state index is 12.6. The molecule has 0 radical (unpaired) electrons. The van der Waals surface area contributed by atoms with E-state index in [1.54, 1.807) is 12.1 Å². The molecule has 23 heavy (non-hydrogen) atoms. The van der Waals surface area contributed by atoms with Crippen LogP contribution in [0.5, 0.6) is 5.75 Å². The van der Waals surface area contributed by atoms with Crippen molar-refractivity contribution in [2.75, 3.05) is 19.8 Å². The van der Waals surface area contributed by atoms with Gasteiger partial charge in [0.2, 0.25) is 0 Å². The lowest BCUT2D eigenvalue weighted by Gasteiger charge is -2.38. The lowest BCUT2D eigenvalue weighted by atomic mass is 10.0. The molecule has 4 nitrogen and oxygen atoms in total. The molecule has 2 heterocycles. The lowest BCUT2D eigenvalue weighted by molar-refractivity contribution is -0.111. The van der Waals surface area contributed by atoms with Crippen molar-refractivity contribution in [3.8, 4) is 5.75 Å². The number of ether oxygens (including phenoxy) is 3. The van der Waals surface area contributed by atoms with Crippen LogP contribution in [0.3, 0.4) is 0 Å². The van der Waals surface area contributed by atoms with Gasteiger partial charge in [-0.05, 0) is 37.6 Å². The molecule has 0 N–H and O–H groups in total. The minimum Gasteiger partial charge on any atom is -0.434 e. The molecule has 1 unspecified atom stereocenters. The van der Waals surface area contributed by atoms with E-state index in [-0.39, 0.29) is 18.1 Å². The van der Waals surface area contributed by atoms with E-state index in [0.29, 0.717) is 19.8 Å². The molecule has 1 aromatic rings. The van der Waals surface area contributed by atoms with E-state index in [1.807, 2.05) is 6.07 Å². The number of alkyl halides is 2. The van der Waals surface area contributed by atoms with Gasteiger partial charge in [0.25, 0.3) is 0 Å². The summed E-state index contributed by atoms with van der Waals surface area (Å²) in [5, 5.41) is 0. The molecule has 2 fully saturated rings. The highest BCUT2D eigenvalue weighted by atomic mass is 79.9. The second-order valence-corrected chi connectivity index (χ2v) is 6.69. The smallest absolute Gasteiger partial charge is 0.387 e. The van der Waals surface area contributed by atoms with Crippen LogP contribution < -0.4 is 4.74 Å². The number of nitrogens with zero attached hydrogens (tertiary/aromatic N) is 1. The summed E-state index contributed by atoms with van der Waals surface area (Å²) < 4.78 is 42.0. The van der Waals surface area contributed by atoms with Crippen LogP contribution in [0.4, 0.5) is 8.78 Å². The number of rotatable bonds is 5. The SMILES string of the molecule is FC(F)Oc1ccc(Br)cc1CN1CCCCC1C1OCCO1. The van der Waals surface area contributed by atoms with Gasteiger partial charge in [-0.3, -0.25) is 4.90 Å². The fourth-order valence-corrected chi connectivity index (χ4v) is 3.63. The van der Waals surface area contributed by atoms with Gasteiger partial charge in [0.15, 0.2) is 6.29 Å². The third-order valence-electron chi connectivity index (χ3n) is 4.24. The molecule has 3 rings (SSSR count). The van der Waals surface area contributed by atoms with E-state index in [9.17, 15) is 8.78 Å². The Morgan fingerprint density at radius 1 is 1.26 bits per heavy atom. The fraction of sp³-hybridized carbons (Fsp3) is 0.625. The average molecular weight is 392 g/mol. The molecule has 0 amide bonds. The van der Waals surface area contributed by atoms with Crippen LogP contribution in [0.15, 0.2) is 22.7 Å². The topological polar surface area (TPSA) is 30.9 Å². The molecule has 2 saturated heterocycles. The van der Waals surface area contributed by atoms with Crippen LogP contribution in [-0.2, 0) is 16.0 Å². The van der Waals surface area contributed by atoms with Crippen molar-refractivity contribution in [2.45, 2.75) is 44.8 Å². The standard InChI is InChI=1S/C16H20BrF2NO3/c17-12-4-5-14(23-16(18)19)11(9-12)10-20-6-2-1-3-13(20)15-21-7-8-22-15/h4-5,9,13,15-16H,1-3,6-8,10H2. The van der Waals surface area contributed by atoms with E-state index in [1.165, 1.54) is 0 Å². The first kappa shape index (κ1) is 17.1. The highest BCUT2D eigenvalue weighted by molar-refractivity contribution is 9.10. The minimum atomic E-state index is -2.83. The molecular formula is C16H20BrF2NO3. The van der Waals surface area contributed by atoms with Gasteiger partial charge in [-0.2, -0.15) is 8.78 Å². The first-order chi connectivity index (χ1) is 11.1. The molecule has 0 saturated carbocycles. The Balaban J connectivity index is 1.77. The van der Waals surface area contributed by atoms with Crippen LogP contribution in [0.2, 0.25) is 0 Å². The van der Waals surface area contributed by atoms with Crippen LogP contribution in [0.1, 0.15) is 24.8 Å². The van der Waals surface area contributed by atoms with E-state index in [4.69, 9.17) is 9.47 Å². The predicted octanol–water partition coefficient (Wildman–Crippen LogP) is 3.78. The second-order valence-electron chi connectivity index (χ2n) is 5.77. The number of hydrogen-bond acceptors (Lipinski definition) is 4. The Bertz CT molecular complexity index is 526. The highest BCUT2D eigenvalue weighted by Gasteiger charge is 2.34. The van der Waals surface area contributed by atoms with Crippen LogP contribution in [0.25, 0.3) is 0 Å². The van der Waals surface area contributed by atoms with Gasteiger partial charge in [0, 0.05) is 16.6 Å². The van der Waals surface area contributed by atoms with Crippen molar-refractivity contribution < 1.29 is 23.0 Å². The lowest BCUT2D eigenvalue weighted by Crippen LogP contribution is -2.46. The van der Waals surface area contributed by atoms with Crippen molar-refractivity contribution >= 4 is 15.9 Å². The fourth-order valence-electron chi connectivity index (χ4n) is 3.22.